The lowest BCUT2D eigenvalue weighted by molar-refractivity contribution is 0.610. The van der Waals surface area contributed by atoms with Crippen LogP contribution in [0.1, 0.15) is 55.9 Å². The molecule has 170 valence electrons. The van der Waals surface area contributed by atoms with Gasteiger partial charge in [0, 0.05) is 23.3 Å². The summed E-state index contributed by atoms with van der Waals surface area (Å²) in [5.41, 5.74) is 3.10. The summed E-state index contributed by atoms with van der Waals surface area (Å²) in [6.45, 7) is 0. The van der Waals surface area contributed by atoms with Crippen LogP contribution in [0.3, 0.4) is 0 Å². The first-order valence-electron chi connectivity index (χ1n) is 11.7. The van der Waals surface area contributed by atoms with Crippen LogP contribution in [0.25, 0.3) is 10.9 Å². The lowest BCUT2D eigenvalue weighted by Gasteiger charge is -2.20. The smallest absolute Gasteiger partial charge is 0.123 e. The van der Waals surface area contributed by atoms with E-state index in [1.807, 2.05) is 6.07 Å². The molecule has 9 heteroatoms. The topological polar surface area (TPSA) is 91.5 Å². The molecule has 34 heavy (non-hydrogen) atoms. The quantitative estimate of drug-likeness (QED) is 0.362. The van der Waals surface area contributed by atoms with Gasteiger partial charge in [-0.1, -0.05) is 28.9 Å². The Kier molecular flexibility index (Phi) is 4.80. The van der Waals surface area contributed by atoms with Crippen LogP contribution in [0.4, 0.5) is 15.8 Å². The third-order valence-corrected chi connectivity index (χ3v) is 6.35. The predicted octanol–water partition coefficient (Wildman–Crippen LogP) is 5.60. The molecule has 2 heterocycles. The van der Waals surface area contributed by atoms with E-state index in [0.717, 1.165) is 25.7 Å². The van der Waals surface area contributed by atoms with E-state index in [9.17, 15) is 11.0 Å². The van der Waals surface area contributed by atoms with Crippen LogP contribution in [0.5, 0.6) is 0 Å². The van der Waals surface area contributed by atoms with Gasteiger partial charge in [-0.15, -0.1) is 5.10 Å². The average molecular weight is 475 g/mol. The third kappa shape index (κ3) is 4.03. The largest absolute Gasteiger partial charge is 0.381 e. The van der Waals surface area contributed by atoms with Crippen molar-refractivity contribution in [1.29, 1.82) is 5.26 Å². The highest BCUT2D eigenvalue weighted by molar-refractivity contribution is 6.35. The Bertz CT molecular complexity index is 1470. The highest BCUT2D eigenvalue weighted by Gasteiger charge is 2.27. The number of anilines is 2. The van der Waals surface area contributed by atoms with Gasteiger partial charge in [0.2, 0.25) is 0 Å². The number of nitrogens with zero attached hydrogens (tertiary/aromatic N) is 5. The van der Waals surface area contributed by atoms with Crippen molar-refractivity contribution in [1.82, 2.24) is 20.0 Å². The summed E-state index contributed by atoms with van der Waals surface area (Å²) in [4.78, 5) is 4.40. The zero-order valence-electron chi connectivity index (χ0n) is 19.1. The van der Waals surface area contributed by atoms with Crippen molar-refractivity contribution >= 4 is 33.9 Å². The fraction of sp³-hybridized carbons (Fsp3) is 0.280. The fourth-order valence-electron chi connectivity index (χ4n) is 3.96. The number of halogens is 2. The van der Waals surface area contributed by atoms with E-state index in [-0.39, 0.29) is 0 Å². The Hall–Kier alpha value is -3.70. The highest BCUT2D eigenvalue weighted by atomic mass is 35.5. The molecule has 0 unspecified atom stereocenters. The van der Waals surface area contributed by atoms with E-state index >= 15 is 0 Å². The van der Waals surface area contributed by atoms with Crippen LogP contribution in [0, 0.1) is 17.1 Å². The van der Waals surface area contributed by atoms with Crippen LogP contribution in [0.2, 0.25) is 5.02 Å². The minimum Gasteiger partial charge on any atom is -0.381 e. The third-order valence-electron chi connectivity index (χ3n) is 6.06. The maximum absolute atomic E-state index is 13.7. The fourth-order valence-corrected chi connectivity index (χ4v) is 4.23. The first-order chi connectivity index (χ1) is 16.9. The zero-order chi connectivity index (χ0) is 24.2. The van der Waals surface area contributed by atoms with Gasteiger partial charge < -0.3 is 10.6 Å². The minimum absolute atomic E-state index is 0.301. The summed E-state index contributed by atoms with van der Waals surface area (Å²) in [5, 5.41) is 25.9. The molecule has 2 saturated carbocycles. The molecule has 2 aromatic carbocycles. The molecule has 2 N–H and O–H groups in total. The number of pyridine rings is 1. The molecule has 0 saturated heterocycles. The number of nitriles is 1. The molecule has 2 aliphatic carbocycles. The van der Waals surface area contributed by atoms with Crippen molar-refractivity contribution in [3.63, 3.8) is 0 Å². The molecule has 2 aliphatic rings. The first-order valence-corrected chi connectivity index (χ1v) is 11.6. The summed E-state index contributed by atoms with van der Waals surface area (Å²) < 4.78 is 24.9. The molecule has 2 fully saturated rings. The minimum atomic E-state index is -1.57. The molecule has 0 aliphatic heterocycles. The highest BCUT2D eigenvalue weighted by Crippen LogP contribution is 2.38. The molecule has 6 rings (SSSR count). The standard InChI is InChI=1S/C25H21ClFN7/c26-21-10-18(9-20-23(30-17-5-6-17)15(11-28)12-29-25(20)21)31-24(14-1-3-16(27)4-2-14)22-13-34(33-32-22)19-7-8-19/h1-4,9-10,12-13,17,19,24,31H,5-8H2,(H,29,30)/t24-/m1/s1/i24D. The van der Waals surface area contributed by atoms with E-state index < -0.39 is 11.8 Å². The normalized spacial score (nSPS) is 17.6. The summed E-state index contributed by atoms with van der Waals surface area (Å²) >= 11 is 6.62. The Morgan fingerprint density at radius 1 is 1.21 bits per heavy atom. The van der Waals surface area contributed by atoms with Gasteiger partial charge in [0.1, 0.15) is 17.6 Å². The molecule has 1 atom stereocenters. The van der Waals surface area contributed by atoms with Gasteiger partial charge >= 0.3 is 0 Å². The number of benzene rings is 2. The second kappa shape index (κ2) is 8.26. The Morgan fingerprint density at radius 2 is 2.00 bits per heavy atom. The second-order valence-corrected chi connectivity index (χ2v) is 9.16. The Balaban J connectivity index is 1.47. The SMILES string of the molecule is [2H][C@@](Nc1cc(Cl)c2ncc(C#N)c(NC3CC3)c2c1)(c1ccc(F)cc1)c1cn(C2CC2)nn1. The molecule has 4 aromatic rings. The van der Waals surface area contributed by atoms with Crippen LogP contribution >= 0.6 is 11.6 Å². The lowest BCUT2D eigenvalue weighted by atomic mass is 10.0. The average Bonchev–Trinajstić information content (AvgIpc) is 3.79. The number of fused-ring (bicyclic) bond motifs is 1. The number of hydrogen-bond acceptors (Lipinski definition) is 6. The van der Waals surface area contributed by atoms with Gasteiger partial charge in [-0.05, 0) is 55.5 Å². The molecule has 0 spiro atoms. The Labute approximate surface area is 202 Å². The molecule has 0 radical (unpaired) electrons. The molecular formula is C25H21ClFN7. The van der Waals surface area contributed by atoms with Crippen LogP contribution in [0.15, 0.2) is 48.8 Å². The molecule has 7 nitrogen and oxygen atoms in total. The summed E-state index contributed by atoms with van der Waals surface area (Å²) in [6, 6.07) is 10.5. The van der Waals surface area contributed by atoms with E-state index in [0.29, 0.717) is 56.2 Å². The number of rotatable bonds is 7. The van der Waals surface area contributed by atoms with Gasteiger partial charge in [-0.25, -0.2) is 9.07 Å². The van der Waals surface area contributed by atoms with E-state index in [1.165, 1.54) is 18.3 Å². The maximum Gasteiger partial charge on any atom is 0.123 e. The van der Waals surface area contributed by atoms with Crippen LogP contribution in [-0.2, 0) is 0 Å². The van der Waals surface area contributed by atoms with Gasteiger partial charge in [0.25, 0.3) is 0 Å². The molecule has 0 amide bonds. The van der Waals surface area contributed by atoms with Crippen molar-refractivity contribution in [2.45, 2.75) is 43.8 Å². The summed E-state index contributed by atoms with van der Waals surface area (Å²) in [6.07, 6.45) is 7.43. The van der Waals surface area contributed by atoms with Crippen molar-refractivity contribution in [2.24, 2.45) is 0 Å². The van der Waals surface area contributed by atoms with Gasteiger partial charge in [0.15, 0.2) is 0 Å². The van der Waals surface area contributed by atoms with Gasteiger partial charge in [-0.3, -0.25) is 4.98 Å². The Morgan fingerprint density at radius 3 is 2.71 bits per heavy atom. The van der Waals surface area contributed by atoms with Crippen molar-refractivity contribution in [3.05, 3.63) is 76.5 Å². The van der Waals surface area contributed by atoms with E-state index in [2.05, 4.69) is 32.0 Å². The van der Waals surface area contributed by atoms with Gasteiger partial charge in [0.05, 0.1) is 41.4 Å². The van der Waals surface area contributed by atoms with Crippen molar-refractivity contribution in [3.8, 4) is 6.07 Å². The van der Waals surface area contributed by atoms with Crippen LogP contribution in [-0.4, -0.2) is 26.0 Å². The second-order valence-electron chi connectivity index (χ2n) is 8.75. The van der Waals surface area contributed by atoms with Crippen molar-refractivity contribution in [2.75, 3.05) is 10.6 Å². The predicted molar refractivity (Wildman–Crippen MR) is 128 cm³/mol. The van der Waals surface area contributed by atoms with Gasteiger partial charge in [-0.2, -0.15) is 5.26 Å². The number of hydrogen-bond donors (Lipinski definition) is 2. The lowest BCUT2D eigenvalue weighted by Crippen LogP contribution is -2.13. The van der Waals surface area contributed by atoms with Crippen molar-refractivity contribution < 1.29 is 5.76 Å². The molecular weight excluding hydrogens is 453 g/mol. The maximum atomic E-state index is 13.7. The number of aromatic nitrogens is 4. The van der Waals surface area contributed by atoms with Crippen LogP contribution < -0.4 is 10.6 Å². The van der Waals surface area contributed by atoms with E-state index in [4.69, 9.17) is 11.6 Å². The molecule has 2 aromatic heterocycles. The summed E-state index contributed by atoms with van der Waals surface area (Å²) in [5.74, 6) is -0.391. The van der Waals surface area contributed by atoms with E-state index in [1.54, 1.807) is 29.1 Å². The molecule has 0 bridgehead atoms. The first kappa shape index (κ1) is 19.7. The summed E-state index contributed by atoms with van der Waals surface area (Å²) in [7, 11) is 0. The monoisotopic (exact) mass is 474 g/mol. The zero-order valence-corrected chi connectivity index (χ0v) is 18.8. The number of nitrogens with one attached hydrogen (secondary N) is 2.